The molecule has 1 rings (SSSR count). The van der Waals surface area contributed by atoms with Gasteiger partial charge in [0.25, 0.3) is 5.92 Å². The first-order valence-electron chi connectivity index (χ1n) is 4.41. The second kappa shape index (κ2) is 4.05. The monoisotopic (exact) mass is 191 g/mol. The van der Waals surface area contributed by atoms with Gasteiger partial charge in [0.05, 0.1) is 18.9 Å². The second-order valence-corrected chi connectivity index (χ2v) is 3.35. The van der Waals surface area contributed by atoms with Crippen LogP contribution in [0.5, 0.6) is 0 Å². The van der Waals surface area contributed by atoms with Crippen molar-refractivity contribution in [3.63, 3.8) is 0 Å². The Morgan fingerprint density at radius 2 is 2.31 bits per heavy atom. The highest BCUT2D eigenvalue weighted by molar-refractivity contribution is 5.13. The average Bonchev–Trinajstić information content (AvgIpc) is 2.05. The molecule has 1 unspecified atom stereocenters. The van der Waals surface area contributed by atoms with E-state index in [1.165, 1.54) is 13.3 Å². The van der Waals surface area contributed by atoms with Crippen LogP contribution in [0.2, 0.25) is 0 Å². The summed E-state index contributed by atoms with van der Waals surface area (Å²) in [6, 6.07) is -0.896. The molecule has 0 amide bonds. The SMILES string of the molecule is CNC(C1=COCCC1)C(C)(F)F. The number of halogens is 2. The van der Waals surface area contributed by atoms with Crippen molar-refractivity contribution in [2.24, 2.45) is 0 Å². The van der Waals surface area contributed by atoms with Crippen molar-refractivity contribution >= 4 is 0 Å². The summed E-state index contributed by atoms with van der Waals surface area (Å²) in [7, 11) is 1.54. The van der Waals surface area contributed by atoms with Crippen molar-refractivity contribution in [2.45, 2.75) is 31.7 Å². The Kier molecular flexibility index (Phi) is 3.25. The molecule has 0 radical (unpaired) electrons. The van der Waals surface area contributed by atoms with Crippen LogP contribution in [0.1, 0.15) is 19.8 Å². The predicted molar refractivity (Wildman–Crippen MR) is 46.7 cm³/mol. The Labute approximate surface area is 77.0 Å². The summed E-state index contributed by atoms with van der Waals surface area (Å²) in [6.07, 6.45) is 2.97. The first kappa shape index (κ1) is 10.4. The third kappa shape index (κ3) is 2.66. The largest absolute Gasteiger partial charge is 0.501 e. The summed E-state index contributed by atoms with van der Waals surface area (Å²) in [5, 5.41) is 2.61. The lowest BCUT2D eigenvalue weighted by Crippen LogP contribution is -2.43. The van der Waals surface area contributed by atoms with Crippen LogP contribution in [0.3, 0.4) is 0 Å². The van der Waals surface area contributed by atoms with E-state index in [4.69, 9.17) is 4.74 Å². The molecule has 1 aliphatic heterocycles. The zero-order valence-corrected chi connectivity index (χ0v) is 7.94. The average molecular weight is 191 g/mol. The van der Waals surface area contributed by atoms with Crippen LogP contribution in [-0.2, 0) is 4.74 Å². The van der Waals surface area contributed by atoms with Gasteiger partial charge in [-0.1, -0.05) is 0 Å². The fourth-order valence-corrected chi connectivity index (χ4v) is 1.56. The van der Waals surface area contributed by atoms with E-state index >= 15 is 0 Å². The number of rotatable bonds is 3. The highest BCUT2D eigenvalue weighted by atomic mass is 19.3. The maximum Gasteiger partial charge on any atom is 0.264 e. The van der Waals surface area contributed by atoms with E-state index in [-0.39, 0.29) is 0 Å². The minimum Gasteiger partial charge on any atom is -0.501 e. The summed E-state index contributed by atoms with van der Waals surface area (Å²) < 4.78 is 31.1. The van der Waals surface area contributed by atoms with E-state index in [1.807, 2.05) is 0 Å². The molecule has 0 fully saturated rings. The van der Waals surface area contributed by atoms with E-state index in [1.54, 1.807) is 0 Å². The molecule has 0 saturated carbocycles. The predicted octanol–water partition coefficient (Wildman–Crippen LogP) is 1.92. The van der Waals surface area contributed by atoms with Crippen LogP contribution in [0.4, 0.5) is 8.78 Å². The van der Waals surface area contributed by atoms with Gasteiger partial charge in [-0.25, -0.2) is 8.78 Å². The van der Waals surface area contributed by atoms with Gasteiger partial charge in [0.2, 0.25) is 0 Å². The lowest BCUT2D eigenvalue weighted by Gasteiger charge is -2.27. The van der Waals surface area contributed by atoms with Gasteiger partial charge in [0.15, 0.2) is 0 Å². The maximum absolute atomic E-state index is 13.0. The van der Waals surface area contributed by atoms with Crippen LogP contribution in [0, 0.1) is 0 Å². The molecule has 76 valence electrons. The van der Waals surface area contributed by atoms with Gasteiger partial charge in [-0.2, -0.15) is 0 Å². The first-order chi connectivity index (χ1) is 6.05. The van der Waals surface area contributed by atoms with Crippen molar-refractivity contribution in [1.29, 1.82) is 0 Å². The van der Waals surface area contributed by atoms with Crippen molar-refractivity contribution in [3.05, 3.63) is 11.8 Å². The van der Waals surface area contributed by atoms with Crippen LogP contribution in [-0.4, -0.2) is 25.6 Å². The molecule has 1 atom stereocenters. The van der Waals surface area contributed by atoms with Gasteiger partial charge >= 0.3 is 0 Å². The number of alkyl halides is 2. The van der Waals surface area contributed by atoms with Crippen molar-refractivity contribution < 1.29 is 13.5 Å². The molecule has 0 aromatic carbocycles. The van der Waals surface area contributed by atoms with E-state index in [2.05, 4.69) is 5.32 Å². The molecular weight excluding hydrogens is 176 g/mol. The smallest absolute Gasteiger partial charge is 0.264 e. The standard InChI is InChI=1S/C9H15F2NO/c1-9(10,11)8(12-2)7-4-3-5-13-6-7/h6,8,12H,3-5H2,1-2H3. The zero-order chi connectivity index (χ0) is 9.90. The van der Waals surface area contributed by atoms with Gasteiger partial charge in [-0.3, -0.25) is 0 Å². The normalized spacial score (nSPS) is 20.5. The van der Waals surface area contributed by atoms with E-state index in [9.17, 15) is 8.78 Å². The van der Waals surface area contributed by atoms with E-state index in [0.717, 1.165) is 13.3 Å². The van der Waals surface area contributed by atoms with Crippen LogP contribution < -0.4 is 5.32 Å². The summed E-state index contributed by atoms with van der Waals surface area (Å²) in [5.41, 5.74) is 0.654. The molecule has 4 heteroatoms. The molecule has 0 aromatic rings. The molecule has 0 bridgehead atoms. The minimum absolute atomic E-state index is 0.634. The number of nitrogens with one attached hydrogen (secondary N) is 1. The fourth-order valence-electron chi connectivity index (χ4n) is 1.56. The maximum atomic E-state index is 13.0. The topological polar surface area (TPSA) is 21.3 Å². The van der Waals surface area contributed by atoms with Gasteiger partial charge < -0.3 is 10.1 Å². The van der Waals surface area contributed by atoms with Crippen molar-refractivity contribution in [1.82, 2.24) is 5.32 Å². The van der Waals surface area contributed by atoms with Gasteiger partial charge in [-0.15, -0.1) is 0 Å². The van der Waals surface area contributed by atoms with Crippen molar-refractivity contribution in [3.8, 4) is 0 Å². The highest BCUT2D eigenvalue weighted by Crippen LogP contribution is 2.27. The number of hydrogen-bond donors (Lipinski definition) is 1. The van der Waals surface area contributed by atoms with Crippen LogP contribution >= 0.6 is 0 Å². The summed E-state index contributed by atoms with van der Waals surface area (Å²) in [4.78, 5) is 0. The van der Waals surface area contributed by atoms with Crippen LogP contribution in [0.25, 0.3) is 0 Å². The summed E-state index contributed by atoms with van der Waals surface area (Å²) >= 11 is 0. The fraction of sp³-hybridized carbons (Fsp3) is 0.778. The van der Waals surface area contributed by atoms with Crippen molar-refractivity contribution in [2.75, 3.05) is 13.7 Å². The molecule has 0 aliphatic carbocycles. The molecule has 13 heavy (non-hydrogen) atoms. The summed E-state index contributed by atoms with van der Waals surface area (Å²) in [5.74, 6) is -2.73. The molecule has 1 N–H and O–H groups in total. The Bertz CT molecular complexity index is 198. The van der Waals surface area contributed by atoms with E-state index < -0.39 is 12.0 Å². The van der Waals surface area contributed by atoms with Gasteiger partial charge in [0, 0.05) is 6.92 Å². The Balaban J connectivity index is 2.70. The first-order valence-corrected chi connectivity index (χ1v) is 4.41. The lowest BCUT2D eigenvalue weighted by molar-refractivity contribution is -0.00718. The quantitative estimate of drug-likeness (QED) is 0.736. The Morgan fingerprint density at radius 1 is 1.62 bits per heavy atom. The third-order valence-corrected chi connectivity index (χ3v) is 2.13. The molecule has 0 saturated heterocycles. The minimum atomic E-state index is -2.73. The number of ether oxygens (including phenoxy) is 1. The van der Waals surface area contributed by atoms with Gasteiger partial charge in [-0.05, 0) is 25.5 Å². The molecule has 1 aliphatic rings. The Morgan fingerprint density at radius 3 is 2.69 bits per heavy atom. The molecule has 0 spiro atoms. The lowest BCUT2D eigenvalue weighted by atomic mass is 9.98. The molecule has 1 heterocycles. The Hall–Kier alpha value is -0.640. The number of likely N-dealkylation sites (N-methyl/N-ethyl adjacent to an activating group) is 1. The molecule has 0 aromatic heterocycles. The summed E-state index contributed by atoms with van der Waals surface area (Å²) in [6.45, 7) is 1.55. The van der Waals surface area contributed by atoms with Crippen LogP contribution in [0.15, 0.2) is 11.8 Å². The molecular formula is C9H15F2NO. The number of hydrogen-bond acceptors (Lipinski definition) is 2. The third-order valence-electron chi connectivity index (χ3n) is 2.13. The highest BCUT2D eigenvalue weighted by Gasteiger charge is 2.36. The second-order valence-electron chi connectivity index (χ2n) is 3.35. The zero-order valence-electron chi connectivity index (χ0n) is 7.94. The molecule has 2 nitrogen and oxygen atoms in total. The van der Waals surface area contributed by atoms with E-state index in [0.29, 0.717) is 18.6 Å². The van der Waals surface area contributed by atoms with Gasteiger partial charge in [0.1, 0.15) is 0 Å².